The third-order valence-corrected chi connectivity index (χ3v) is 3.64. The maximum absolute atomic E-state index is 11.4. The normalized spacial score (nSPS) is 44.7. The number of methoxy groups -OCH3 is 1. The van der Waals surface area contributed by atoms with Gasteiger partial charge in [-0.05, 0) is 0 Å². The molecule has 8 heteroatoms. The zero-order valence-electron chi connectivity index (χ0n) is 9.93. The van der Waals surface area contributed by atoms with Gasteiger partial charge in [-0.2, -0.15) is 0 Å². The van der Waals surface area contributed by atoms with Crippen LogP contribution in [0.2, 0.25) is 0 Å². The predicted octanol–water partition coefficient (Wildman–Crippen LogP) is -3.78. The maximum atomic E-state index is 11.4. The smallest absolute Gasteiger partial charge is 0.324 e. The highest BCUT2D eigenvalue weighted by Crippen LogP contribution is 2.27. The first-order chi connectivity index (χ1) is 8.51. The van der Waals surface area contributed by atoms with E-state index >= 15 is 0 Å². The van der Waals surface area contributed by atoms with Gasteiger partial charge >= 0.3 is 5.97 Å². The van der Waals surface area contributed by atoms with Crippen LogP contribution in [-0.4, -0.2) is 88.1 Å². The molecule has 0 amide bonds. The van der Waals surface area contributed by atoms with Crippen LogP contribution in [0.1, 0.15) is 0 Å². The van der Waals surface area contributed by atoms with Crippen LogP contribution in [-0.2, 0) is 9.53 Å². The summed E-state index contributed by atoms with van der Waals surface area (Å²) in [4.78, 5) is 13.0. The molecule has 2 saturated heterocycles. The number of carbonyl (C=O) groups excluding carboxylic acids is 1. The van der Waals surface area contributed by atoms with Crippen LogP contribution in [0.3, 0.4) is 0 Å². The second-order valence-electron chi connectivity index (χ2n) is 4.61. The van der Waals surface area contributed by atoms with E-state index in [2.05, 4.69) is 10.1 Å². The van der Waals surface area contributed by atoms with Gasteiger partial charge < -0.3 is 25.2 Å². The zero-order valence-corrected chi connectivity index (χ0v) is 9.93. The lowest BCUT2D eigenvalue weighted by atomic mass is 9.92. The molecule has 0 bridgehead atoms. The summed E-state index contributed by atoms with van der Waals surface area (Å²) in [6.07, 6.45) is -4.56. The summed E-state index contributed by atoms with van der Waals surface area (Å²) in [7, 11) is 1.25. The summed E-state index contributed by atoms with van der Waals surface area (Å²) < 4.78 is 4.60. The molecule has 0 spiro atoms. The first-order valence-corrected chi connectivity index (χ1v) is 5.76. The molecular formula is C10H18N2O6. The van der Waals surface area contributed by atoms with E-state index in [1.807, 2.05) is 0 Å². The van der Waals surface area contributed by atoms with E-state index < -0.39 is 42.5 Å². The Kier molecular flexibility index (Phi) is 3.85. The number of nitrogens with zero attached hydrogens (tertiary/aromatic N) is 1. The minimum atomic E-state index is -1.37. The first-order valence-electron chi connectivity index (χ1n) is 5.76. The van der Waals surface area contributed by atoms with Crippen molar-refractivity contribution in [3.8, 4) is 0 Å². The number of carbonyl (C=O) groups is 1. The number of ether oxygens (including phenoxy) is 1. The fourth-order valence-corrected chi connectivity index (χ4v) is 2.63. The number of hydrogen-bond donors (Lipinski definition) is 5. The summed E-state index contributed by atoms with van der Waals surface area (Å²) >= 11 is 0. The Hall–Kier alpha value is -0.770. The minimum Gasteiger partial charge on any atom is -0.468 e. The highest BCUT2D eigenvalue weighted by Gasteiger charge is 2.52. The van der Waals surface area contributed by atoms with Gasteiger partial charge in [0.05, 0.1) is 25.9 Å². The number of nitrogens with one attached hydrogen (secondary N) is 1. The van der Waals surface area contributed by atoms with Crippen molar-refractivity contribution in [2.75, 3.05) is 20.3 Å². The Morgan fingerprint density at radius 2 is 2.00 bits per heavy atom. The third kappa shape index (κ3) is 2.00. The van der Waals surface area contributed by atoms with Crippen LogP contribution in [0.4, 0.5) is 0 Å². The first kappa shape index (κ1) is 13.7. The number of aliphatic hydroxyl groups excluding tert-OH is 4. The molecule has 2 aliphatic heterocycles. The second kappa shape index (κ2) is 5.08. The molecule has 6 atom stereocenters. The van der Waals surface area contributed by atoms with E-state index in [1.54, 1.807) is 4.90 Å². The van der Waals surface area contributed by atoms with Crippen LogP contribution >= 0.6 is 0 Å². The van der Waals surface area contributed by atoms with E-state index in [0.29, 0.717) is 0 Å². The SMILES string of the molecule is COC(=O)C1CN2C(N1)[C@H](O)[C@@H](O)[C@H](O)[C@H]2CO. The number of esters is 1. The van der Waals surface area contributed by atoms with E-state index in [0.717, 1.165) is 0 Å². The quantitative estimate of drug-likeness (QED) is 0.321. The Morgan fingerprint density at radius 3 is 2.56 bits per heavy atom. The summed E-state index contributed by atoms with van der Waals surface area (Å²) in [6.45, 7) is -0.180. The average Bonchev–Trinajstić information content (AvgIpc) is 2.81. The number of piperidine rings is 1. The number of fused-ring (bicyclic) bond motifs is 1. The van der Waals surface area contributed by atoms with Gasteiger partial charge in [-0.1, -0.05) is 0 Å². The monoisotopic (exact) mass is 262 g/mol. The van der Waals surface area contributed by atoms with Gasteiger partial charge in [0, 0.05) is 6.54 Å². The summed E-state index contributed by atoms with van der Waals surface area (Å²) in [5, 5.41) is 41.4. The molecule has 2 aliphatic rings. The van der Waals surface area contributed by atoms with E-state index in [-0.39, 0.29) is 13.2 Å². The molecule has 8 nitrogen and oxygen atoms in total. The van der Waals surface area contributed by atoms with E-state index in [1.165, 1.54) is 7.11 Å². The molecule has 2 heterocycles. The molecule has 0 aromatic heterocycles. The van der Waals surface area contributed by atoms with Crippen LogP contribution in [0.5, 0.6) is 0 Å². The van der Waals surface area contributed by atoms with Gasteiger partial charge in [-0.15, -0.1) is 0 Å². The Balaban J connectivity index is 2.18. The van der Waals surface area contributed by atoms with E-state index in [4.69, 9.17) is 0 Å². The minimum absolute atomic E-state index is 0.198. The summed E-state index contributed by atoms with van der Waals surface area (Å²) in [5.74, 6) is -0.489. The molecule has 0 saturated carbocycles. The van der Waals surface area contributed by atoms with Crippen molar-refractivity contribution in [3.63, 3.8) is 0 Å². The van der Waals surface area contributed by atoms with Crippen LogP contribution in [0, 0.1) is 0 Å². The van der Waals surface area contributed by atoms with Crippen molar-refractivity contribution in [3.05, 3.63) is 0 Å². The number of rotatable bonds is 2. The fourth-order valence-electron chi connectivity index (χ4n) is 2.63. The highest BCUT2D eigenvalue weighted by atomic mass is 16.5. The van der Waals surface area contributed by atoms with Crippen molar-refractivity contribution < 1.29 is 30.0 Å². The zero-order chi connectivity index (χ0) is 13.4. The standard InChI is InChI=1S/C10H18N2O6/c1-18-10(17)4-2-12-5(3-13)6(14)7(15)8(16)9(12)11-4/h4-9,11,13-16H,2-3H2,1H3/t4?,5-,6-,7+,8-,9?/m1/s1. The molecule has 0 radical (unpaired) electrons. The molecular weight excluding hydrogens is 244 g/mol. The van der Waals surface area contributed by atoms with Gasteiger partial charge in [0.15, 0.2) is 0 Å². The predicted molar refractivity (Wildman–Crippen MR) is 58.3 cm³/mol. The lowest BCUT2D eigenvalue weighted by Gasteiger charge is -2.44. The van der Waals surface area contributed by atoms with Gasteiger partial charge in [0.2, 0.25) is 0 Å². The summed E-state index contributed by atoms with van der Waals surface area (Å²) in [6, 6.07) is -1.38. The lowest BCUT2D eigenvalue weighted by Crippen LogP contribution is -2.67. The molecule has 104 valence electrons. The van der Waals surface area contributed by atoms with Crippen LogP contribution < -0.4 is 5.32 Å². The van der Waals surface area contributed by atoms with Crippen molar-refractivity contribution in [2.45, 2.75) is 36.6 Å². The van der Waals surface area contributed by atoms with Crippen molar-refractivity contribution >= 4 is 5.97 Å². The van der Waals surface area contributed by atoms with Crippen molar-refractivity contribution in [2.24, 2.45) is 0 Å². The van der Waals surface area contributed by atoms with Crippen LogP contribution in [0.25, 0.3) is 0 Å². The highest BCUT2D eigenvalue weighted by molar-refractivity contribution is 5.76. The van der Waals surface area contributed by atoms with Crippen molar-refractivity contribution in [1.29, 1.82) is 0 Å². The molecule has 0 aromatic carbocycles. The van der Waals surface area contributed by atoms with Gasteiger partial charge in [0.25, 0.3) is 0 Å². The lowest BCUT2D eigenvalue weighted by molar-refractivity contribution is -0.164. The molecule has 2 rings (SSSR count). The third-order valence-electron chi connectivity index (χ3n) is 3.64. The molecule has 18 heavy (non-hydrogen) atoms. The Labute approximate surface area is 104 Å². The molecule has 2 unspecified atom stereocenters. The maximum Gasteiger partial charge on any atom is 0.324 e. The van der Waals surface area contributed by atoms with Gasteiger partial charge in [-0.25, -0.2) is 0 Å². The van der Waals surface area contributed by atoms with E-state index in [9.17, 15) is 25.2 Å². The Morgan fingerprint density at radius 1 is 1.33 bits per heavy atom. The summed E-state index contributed by atoms with van der Waals surface area (Å²) in [5.41, 5.74) is 0. The largest absolute Gasteiger partial charge is 0.468 e. The molecule has 0 aromatic rings. The topological polar surface area (TPSA) is 122 Å². The van der Waals surface area contributed by atoms with Crippen LogP contribution in [0.15, 0.2) is 0 Å². The van der Waals surface area contributed by atoms with Gasteiger partial charge in [-0.3, -0.25) is 15.0 Å². The number of aliphatic hydroxyl groups is 4. The van der Waals surface area contributed by atoms with Crippen molar-refractivity contribution in [1.82, 2.24) is 10.2 Å². The number of hydrogen-bond acceptors (Lipinski definition) is 8. The molecule has 2 fully saturated rings. The fraction of sp³-hybridized carbons (Fsp3) is 0.900. The second-order valence-corrected chi connectivity index (χ2v) is 4.61. The molecule has 5 N–H and O–H groups in total. The van der Waals surface area contributed by atoms with Gasteiger partial charge in [0.1, 0.15) is 24.4 Å². The Bertz CT molecular complexity index is 327. The average molecular weight is 262 g/mol. The molecule has 0 aliphatic carbocycles.